The van der Waals surface area contributed by atoms with E-state index in [1.165, 1.54) is 43.4 Å². The van der Waals surface area contributed by atoms with Crippen LogP contribution in [0, 0.1) is 0 Å². The summed E-state index contributed by atoms with van der Waals surface area (Å²) in [7, 11) is -3.52. The molecule has 1 aliphatic carbocycles. The zero-order valence-electron chi connectivity index (χ0n) is 12.2. The summed E-state index contributed by atoms with van der Waals surface area (Å²) in [6.45, 7) is 0. The number of thiophene rings is 1. The molecule has 5 nitrogen and oxygen atoms in total. The molecule has 1 aliphatic rings. The van der Waals surface area contributed by atoms with Crippen LogP contribution in [-0.2, 0) is 10.0 Å². The van der Waals surface area contributed by atoms with Crippen molar-refractivity contribution in [3.8, 4) is 0 Å². The maximum atomic E-state index is 12.1. The van der Waals surface area contributed by atoms with Crippen molar-refractivity contribution in [2.75, 3.05) is 10.0 Å². The zero-order valence-corrected chi connectivity index (χ0v) is 13.8. The van der Waals surface area contributed by atoms with E-state index in [-0.39, 0.29) is 0 Å². The van der Waals surface area contributed by atoms with Crippen LogP contribution in [0.15, 0.2) is 40.1 Å². The highest BCUT2D eigenvalue weighted by Gasteiger charge is 2.16. The maximum absolute atomic E-state index is 12.1. The van der Waals surface area contributed by atoms with Crippen LogP contribution >= 0.6 is 11.3 Å². The van der Waals surface area contributed by atoms with Gasteiger partial charge in [0.25, 0.3) is 10.0 Å². The normalized spacial score (nSPS) is 16.4. The molecule has 0 amide bonds. The molecular formula is C15H19N3O2S2. The third kappa shape index (κ3) is 3.78. The molecule has 2 aromatic rings. The minimum absolute atomic E-state index is 0.290. The van der Waals surface area contributed by atoms with Crippen LogP contribution in [0.1, 0.15) is 32.1 Å². The lowest BCUT2D eigenvalue weighted by Gasteiger charge is -2.23. The van der Waals surface area contributed by atoms with Gasteiger partial charge in [-0.2, -0.15) is 0 Å². The Morgan fingerprint density at radius 1 is 1.14 bits per heavy atom. The number of hydrogen-bond acceptors (Lipinski definition) is 5. The minimum Gasteiger partial charge on any atom is -0.381 e. The van der Waals surface area contributed by atoms with E-state index >= 15 is 0 Å². The smallest absolute Gasteiger partial charge is 0.272 e. The first kappa shape index (κ1) is 15.3. The second kappa shape index (κ2) is 6.66. The number of aromatic nitrogens is 1. The van der Waals surface area contributed by atoms with Crippen molar-refractivity contribution < 1.29 is 8.42 Å². The number of sulfonamides is 1. The summed E-state index contributed by atoms with van der Waals surface area (Å²) in [5.74, 6) is 0.336. The molecule has 0 spiro atoms. The summed E-state index contributed by atoms with van der Waals surface area (Å²) in [5, 5.41) is 5.20. The number of pyridine rings is 1. The van der Waals surface area contributed by atoms with E-state index in [1.807, 2.05) is 6.07 Å². The van der Waals surface area contributed by atoms with Gasteiger partial charge >= 0.3 is 0 Å². The topological polar surface area (TPSA) is 71.1 Å². The van der Waals surface area contributed by atoms with Gasteiger partial charge < -0.3 is 5.32 Å². The van der Waals surface area contributed by atoms with Crippen molar-refractivity contribution in [2.45, 2.75) is 42.4 Å². The number of hydrogen-bond donors (Lipinski definition) is 2. The first-order valence-electron chi connectivity index (χ1n) is 7.42. The van der Waals surface area contributed by atoms with E-state index in [0.717, 1.165) is 5.69 Å². The Kier molecular flexibility index (Phi) is 4.63. The van der Waals surface area contributed by atoms with Crippen molar-refractivity contribution >= 4 is 32.9 Å². The molecule has 1 saturated carbocycles. The molecule has 0 bridgehead atoms. The molecule has 0 aromatic carbocycles. The number of anilines is 2. The molecule has 118 valence electrons. The molecule has 0 atom stereocenters. The van der Waals surface area contributed by atoms with Crippen LogP contribution < -0.4 is 10.0 Å². The van der Waals surface area contributed by atoms with Crippen molar-refractivity contribution in [2.24, 2.45) is 0 Å². The summed E-state index contributed by atoms with van der Waals surface area (Å²) in [5.41, 5.74) is 0.936. The molecule has 0 aliphatic heterocycles. The first-order valence-corrected chi connectivity index (χ1v) is 9.79. The highest BCUT2D eigenvalue weighted by atomic mass is 32.2. The van der Waals surface area contributed by atoms with Gasteiger partial charge in [-0.1, -0.05) is 25.3 Å². The highest BCUT2D eigenvalue weighted by molar-refractivity contribution is 7.94. The maximum Gasteiger partial charge on any atom is 0.272 e. The minimum atomic E-state index is -3.52. The molecule has 22 heavy (non-hydrogen) atoms. The number of nitrogens with one attached hydrogen (secondary N) is 2. The second-order valence-electron chi connectivity index (χ2n) is 5.45. The lowest BCUT2D eigenvalue weighted by atomic mass is 9.95. The predicted octanol–water partition coefficient (Wildman–Crippen LogP) is 3.69. The van der Waals surface area contributed by atoms with E-state index in [1.54, 1.807) is 29.8 Å². The molecule has 7 heteroatoms. The Bertz CT molecular complexity index is 691. The summed E-state index contributed by atoms with van der Waals surface area (Å²) < 4.78 is 27.0. The van der Waals surface area contributed by atoms with Gasteiger partial charge in [0.15, 0.2) is 0 Å². The van der Waals surface area contributed by atoms with E-state index in [0.29, 0.717) is 16.1 Å². The third-order valence-corrected chi connectivity index (χ3v) is 6.49. The Morgan fingerprint density at radius 2 is 1.95 bits per heavy atom. The van der Waals surface area contributed by atoms with Gasteiger partial charge in [0.1, 0.15) is 10.0 Å². The standard InChI is InChI=1S/C15H19N3O2S2/c19-22(20,15-7-4-10-21-15)18-14-9-8-13(11-16-14)17-12-5-2-1-3-6-12/h4,7-12,17H,1-3,5-6H2,(H,16,18). The average molecular weight is 337 g/mol. The van der Waals surface area contributed by atoms with Crippen LogP contribution in [-0.4, -0.2) is 19.4 Å². The van der Waals surface area contributed by atoms with Crippen LogP contribution in [0.4, 0.5) is 11.5 Å². The van der Waals surface area contributed by atoms with Crippen LogP contribution in [0.2, 0.25) is 0 Å². The van der Waals surface area contributed by atoms with E-state index in [9.17, 15) is 8.42 Å². The fourth-order valence-electron chi connectivity index (χ4n) is 2.63. The second-order valence-corrected chi connectivity index (χ2v) is 8.31. The van der Waals surface area contributed by atoms with Gasteiger partial charge in [-0.3, -0.25) is 4.72 Å². The molecule has 1 fully saturated rings. The SMILES string of the molecule is O=S(=O)(Nc1ccc(NC2CCCCC2)cn1)c1cccs1. The third-order valence-electron chi connectivity index (χ3n) is 3.74. The van der Waals surface area contributed by atoms with Gasteiger partial charge in [0, 0.05) is 6.04 Å². The lowest BCUT2D eigenvalue weighted by molar-refractivity contribution is 0.462. The fraction of sp³-hybridized carbons (Fsp3) is 0.400. The molecule has 3 rings (SSSR count). The first-order chi connectivity index (χ1) is 10.6. The molecule has 0 saturated heterocycles. The summed E-state index contributed by atoms with van der Waals surface area (Å²) in [4.78, 5) is 4.19. The summed E-state index contributed by atoms with van der Waals surface area (Å²) >= 11 is 1.18. The number of rotatable bonds is 5. The van der Waals surface area contributed by atoms with Crippen molar-refractivity contribution in [1.82, 2.24) is 4.98 Å². The summed E-state index contributed by atoms with van der Waals surface area (Å²) in [6, 6.07) is 7.35. The molecule has 2 heterocycles. The molecule has 2 N–H and O–H groups in total. The van der Waals surface area contributed by atoms with E-state index in [2.05, 4.69) is 15.0 Å². The Morgan fingerprint density at radius 3 is 2.59 bits per heavy atom. The monoisotopic (exact) mass is 337 g/mol. The average Bonchev–Trinajstić information content (AvgIpc) is 3.05. The summed E-state index contributed by atoms with van der Waals surface area (Å²) in [6.07, 6.45) is 7.91. The molecular weight excluding hydrogens is 318 g/mol. The van der Waals surface area contributed by atoms with Crippen LogP contribution in [0.3, 0.4) is 0 Å². The largest absolute Gasteiger partial charge is 0.381 e. The van der Waals surface area contributed by atoms with Crippen LogP contribution in [0.5, 0.6) is 0 Å². The van der Waals surface area contributed by atoms with Gasteiger partial charge in [-0.25, -0.2) is 13.4 Å². The van der Waals surface area contributed by atoms with Gasteiger partial charge in [0.2, 0.25) is 0 Å². The van der Waals surface area contributed by atoms with Crippen LogP contribution in [0.25, 0.3) is 0 Å². The Hall–Kier alpha value is -1.60. The molecule has 2 aromatic heterocycles. The van der Waals surface area contributed by atoms with Gasteiger partial charge in [-0.15, -0.1) is 11.3 Å². The Balaban J connectivity index is 1.64. The fourth-order valence-corrected chi connectivity index (χ4v) is 4.63. The van der Waals surface area contributed by atoms with Gasteiger partial charge in [0.05, 0.1) is 11.9 Å². The zero-order chi connectivity index (χ0) is 15.4. The van der Waals surface area contributed by atoms with Gasteiger partial charge in [-0.05, 0) is 36.4 Å². The van der Waals surface area contributed by atoms with E-state index < -0.39 is 10.0 Å². The highest BCUT2D eigenvalue weighted by Crippen LogP contribution is 2.23. The van der Waals surface area contributed by atoms with Crippen molar-refractivity contribution in [3.63, 3.8) is 0 Å². The van der Waals surface area contributed by atoms with E-state index in [4.69, 9.17) is 0 Å². The number of nitrogens with zero attached hydrogens (tertiary/aromatic N) is 1. The predicted molar refractivity (Wildman–Crippen MR) is 89.9 cm³/mol. The van der Waals surface area contributed by atoms with Crippen molar-refractivity contribution in [3.05, 3.63) is 35.8 Å². The lowest BCUT2D eigenvalue weighted by Crippen LogP contribution is -2.22. The molecule has 0 radical (unpaired) electrons. The Labute approximate surface area is 134 Å². The van der Waals surface area contributed by atoms with Crippen molar-refractivity contribution in [1.29, 1.82) is 0 Å². The quantitative estimate of drug-likeness (QED) is 0.873. The molecule has 0 unspecified atom stereocenters.